The lowest BCUT2D eigenvalue weighted by Crippen LogP contribution is -2.37. The van der Waals surface area contributed by atoms with Crippen LogP contribution in [0.15, 0.2) is 59.4 Å². The van der Waals surface area contributed by atoms with Crippen LogP contribution in [0.4, 0.5) is 0 Å². The summed E-state index contributed by atoms with van der Waals surface area (Å²) < 4.78 is 1.96. The van der Waals surface area contributed by atoms with Crippen molar-refractivity contribution in [3.63, 3.8) is 0 Å². The van der Waals surface area contributed by atoms with Gasteiger partial charge in [0.2, 0.25) is 0 Å². The van der Waals surface area contributed by atoms with Crippen molar-refractivity contribution in [2.45, 2.75) is 72.0 Å². The highest BCUT2D eigenvalue weighted by molar-refractivity contribution is 5.79. The summed E-state index contributed by atoms with van der Waals surface area (Å²) in [5, 5.41) is 13.9. The molecule has 0 unspecified atom stereocenters. The lowest BCUT2D eigenvalue weighted by Gasteiger charge is -2.33. The molecule has 2 aromatic carbocycles. The van der Waals surface area contributed by atoms with Crippen molar-refractivity contribution in [2.24, 2.45) is 0 Å². The van der Waals surface area contributed by atoms with E-state index in [0.717, 1.165) is 48.1 Å². The third-order valence-electron chi connectivity index (χ3n) is 7.04. The minimum Gasteiger partial charge on any atom is -0.322 e. The van der Waals surface area contributed by atoms with Crippen LogP contribution in [-0.4, -0.2) is 36.6 Å². The van der Waals surface area contributed by atoms with E-state index in [-0.39, 0.29) is 17.1 Å². The van der Waals surface area contributed by atoms with Crippen molar-refractivity contribution in [2.75, 3.05) is 6.54 Å². The van der Waals surface area contributed by atoms with Crippen LogP contribution in [0.25, 0.3) is 10.9 Å². The zero-order chi connectivity index (χ0) is 25.0. The van der Waals surface area contributed by atoms with E-state index in [0.29, 0.717) is 6.54 Å². The molecule has 0 aliphatic carbocycles. The maximum Gasteiger partial charge on any atom is 0.252 e. The van der Waals surface area contributed by atoms with Gasteiger partial charge < -0.3 is 4.98 Å². The molecule has 0 amide bonds. The molecule has 0 aliphatic rings. The summed E-state index contributed by atoms with van der Waals surface area (Å²) in [6, 6.07) is 18.6. The van der Waals surface area contributed by atoms with Gasteiger partial charge in [-0.25, -0.2) is 4.68 Å². The van der Waals surface area contributed by atoms with E-state index in [1.165, 1.54) is 11.1 Å². The maximum absolute atomic E-state index is 13.1. The number of nitrogens with one attached hydrogen (secondary N) is 1. The van der Waals surface area contributed by atoms with Crippen molar-refractivity contribution in [1.29, 1.82) is 0 Å². The molecule has 184 valence electrons. The lowest BCUT2D eigenvalue weighted by molar-refractivity contribution is 0.160. The Hall–Kier alpha value is -3.32. The zero-order valence-corrected chi connectivity index (χ0v) is 21.5. The van der Waals surface area contributed by atoms with E-state index >= 15 is 0 Å². The highest BCUT2D eigenvalue weighted by Crippen LogP contribution is 2.29. The molecule has 0 saturated heterocycles. The van der Waals surface area contributed by atoms with Crippen LogP contribution in [0.2, 0.25) is 0 Å². The molecule has 0 spiro atoms. The van der Waals surface area contributed by atoms with Crippen LogP contribution in [-0.2, 0) is 18.5 Å². The second-order valence-electron chi connectivity index (χ2n) is 9.96. The monoisotopic (exact) mass is 472 g/mol. The molecule has 0 saturated carbocycles. The third-order valence-corrected chi connectivity index (χ3v) is 7.04. The average molecular weight is 473 g/mol. The normalized spacial score (nSPS) is 13.0. The molecular weight excluding hydrogens is 436 g/mol. The average Bonchev–Trinajstić information content (AvgIpc) is 3.35. The number of nitrogens with zero attached hydrogens (tertiary/aromatic N) is 5. The molecule has 0 fully saturated rings. The zero-order valence-electron chi connectivity index (χ0n) is 21.5. The van der Waals surface area contributed by atoms with E-state index in [4.69, 9.17) is 0 Å². The molecule has 4 aromatic rings. The van der Waals surface area contributed by atoms with Gasteiger partial charge in [0.15, 0.2) is 5.82 Å². The van der Waals surface area contributed by atoms with Crippen LogP contribution >= 0.6 is 0 Å². The van der Waals surface area contributed by atoms with E-state index in [2.05, 4.69) is 90.4 Å². The first-order chi connectivity index (χ1) is 16.8. The first-order valence-electron chi connectivity index (χ1n) is 12.5. The van der Waals surface area contributed by atoms with E-state index in [1.807, 2.05) is 28.9 Å². The van der Waals surface area contributed by atoms with E-state index in [1.54, 1.807) is 0 Å². The number of hydrogen-bond donors (Lipinski definition) is 1. The van der Waals surface area contributed by atoms with Crippen molar-refractivity contribution in [3.8, 4) is 0 Å². The van der Waals surface area contributed by atoms with Gasteiger partial charge in [-0.15, -0.1) is 5.10 Å². The number of fused-ring (bicyclic) bond motifs is 1. The molecule has 0 radical (unpaired) electrons. The Balaban J connectivity index is 1.72. The fraction of sp³-hybridized carbons (Fsp3) is 0.429. The number of benzene rings is 2. The summed E-state index contributed by atoms with van der Waals surface area (Å²) in [5.74, 6) is 0.848. The molecule has 7 nitrogen and oxygen atoms in total. The Labute approximate surface area is 207 Å². The molecule has 0 aliphatic heterocycles. The smallest absolute Gasteiger partial charge is 0.252 e. The minimum absolute atomic E-state index is 0.0212. The fourth-order valence-electron chi connectivity index (χ4n) is 4.56. The maximum atomic E-state index is 13.1. The van der Waals surface area contributed by atoms with E-state index < -0.39 is 0 Å². The molecule has 0 bridgehead atoms. The van der Waals surface area contributed by atoms with Crippen molar-refractivity contribution in [3.05, 3.63) is 87.5 Å². The van der Waals surface area contributed by atoms with Gasteiger partial charge in [0.05, 0.1) is 11.6 Å². The van der Waals surface area contributed by atoms with Crippen LogP contribution in [0.5, 0.6) is 0 Å². The topological polar surface area (TPSA) is 79.7 Å². The third kappa shape index (κ3) is 5.51. The molecule has 1 atom stereocenters. The largest absolute Gasteiger partial charge is 0.322 e. The molecule has 35 heavy (non-hydrogen) atoms. The van der Waals surface area contributed by atoms with Crippen molar-refractivity contribution >= 4 is 10.9 Å². The van der Waals surface area contributed by atoms with Crippen LogP contribution in [0.3, 0.4) is 0 Å². The summed E-state index contributed by atoms with van der Waals surface area (Å²) in [7, 11) is 0. The number of aromatic nitrogens is 5. The summed E-state index contributed by atoms with van der Waals surface area (Å²) in [4.78, 5) is 18.5. The summed E-state index contributed by atoms with van der Waals surface area (Å²) >= 11 is 0. The highest BCUT2D eigenvalue weighted by Gasteiger charge is 2.30. The fourth-order valence-corrected chi connectivity index (χ4v) is 4.56. The Morgan fingerprint density at radius 3 is 2.57 bits per heavy atom. The first kappa shape index (κ1) is 24.8. The molecule has 2 heterocycles. The van der Waals surface area contributed by atoms with Crippen molar-refractivity contribution in [1.82, 2.24) is 30.1 Å². The predicted molar refractivity (Wildman–Crippen MR) is 140 cm³/mol. The standard InChI is InChI=1S/C28H36N6O/c1-6-25(26-30-31-32-34(26)28(4,5)7-2)33(16-15-21-11-9-8-10-12-21)19-23-18-22-17-20(3)13-14-24(22)29-27(23)35/h8-14,17-18,25H,6-7,15-16,19H2,1-5H3,(H,29,35)/t25-/m1/s1. The number of pyridine rings is 1. The number of H-pyrrole nitrogens is 1. The van der Waals surface area contributed by atoms with Gasteiger partial charge in [-0.3, -0.25) is 9.69 Å². The molecule has 4 rings (SSSR count). The Morgan fingerprint density at radius 2 is 1.86 bits per heavy atom. The van der Waals surface area contributed by atoms with Gasteiger partial charge in [0.1, 0.15) is 0 Å². The second-order valence-corrected chi connectivity index (χ2v) is 9.96. The van der Waals surface area contributed by atoms with Gasteiger partial charge >= 0.3 is 0 Å². The number of rotatable bonds is 10. The van der Waals surface area contributed by atoms with Gasteiger partial charge in [-0.1, -0.05) is 55.8 Å². The second kappa shape index (κ2) is 10.5. The summed E-state index contributed by atoms with van der Waals surface area (Å²) in [6.07, 6.45) is 2.62. The van der Waals surface area contributed by atoms with Crippen molar-refractivity contribution < 1.29 is 0 Å². The van der Waals surface area contributed by atoms with Gasteiger partial charge in [0, 0.05) is 24.2 Å². The van der Waals surface area contributed by atoms with Crippen LogP contribution in [0, 0.1) is 6.92 Å². The van der Waals surface area contributed by atoms with Gasteiger partial charge in [0.25, 0.3) is 5.56 Å². The SMILES string of the molecule is CC[C@H](c1nnnn1C(C)(C)CC)N(CCc1ccccc1)Cc1cc2cc(C)ccc2[nH]c1=O. The predicted octanol–water partition coefficient (Wildman–Crippen LogP) is 5.16. The first-order valence-corrected chi connectivity index (χ1v) is 12.5. The number of hydrogen-bond acceptors (Lipinski definition) is 5. The Morgan fingerprint density at radius 1 is 1.09 bits per heavy atom. The number of aromatic amines is 1. The van der Waals surface area contributed by atoms with Gasteiger partial charge in [-0.2, -0.15) is 0 Å². The minimum atomic E-state index is -0.199. The Kier molecular flexibility index (Phi) is 7.45. The number of aryl methyl sites for hydroxylation is 1. The van der Waals surface area contributed by atoms with Crippen LogP contribution < -0.4 is 5.56 Å². The van der Waals surface area contributed by atoms with Crippen LogP contribution in [0.1, 0.15) is 69.1 Å². The Bertz CT molecular complexity index is 1320. The quantitative estimate of drug-likeness (QED) is 0.345. The highest BCUT2D eigenvalue weighted by atomic mass is 16.1. The lowest BCUT2D eigenvalue weighted by atomic mass is 10.0. The molecule has 1 N–H and O–H groups in total. The summed E-state index contributed by atoms with van der Waals surface area (Å²) in [6.45, 7) is 12.0. The number of tetrazole rings is 1. The van der Waals surface area contributed by atoms with E-state index in [9.17, 15) is 4.79 Å². The van der Waals surface area contributed by atoms with Gasteiger partial charge in [-0.05, 0) is 79.6 Å². The molecule has 7 heteroatoms. The molecule has 2 aromatic heterocycles. The summed E-state index contributed by atoms with van der Waals surface area (Å²) in [5.41, 5.74) is 3.81. The molecular formula is C28H36N6O.